The van der Waals surface area contributed by atoms with Crippen molar-refractivity contribution >= 4 is 32.5 Å². The van der Waals surface area contributed by atoms with Gasteiger partial charge in [-0.3, -0.25) is 0 Å². The normalized spacial score (nSPS) is 17.2. The largest absolute Gasteiger partial charge is 0.357 e. The molecule has 3 aromatic carbocycles. The first-order valence-corrected chi connectivity index (χ1v) is 11.4. The molecule has 0 fully saturated rings. The fraction of sp³-hybridized carbons (Fsp3) is 0.130. The Morgan fingerprint density at radius 2 is 1.67 bits per heavy atom. The molecule has 0 radical (unpaired) electrons. The van der Waals surface area contributed by atoms with Crippen molar-refractivity contribution < 1.29 is 12.8 Å². The quantitative estimate of drug-likeness (QED) is 0.470. The van der Waals surface area contributed by atoms with E-state index in [0.29, 0.717) is 11.4 Å². The van der Waals surface area contributed by atoms with E-state index in [1.54, 1.807) is 12.1 Å². The lowest BCUT2D eigenvalue weighted by atomic mass is 9.94. The van der Waals surface area contributed by atoms with Gasteiger partial charge in [0.15, 0.2) is 0 Å². The van der Waals surface area contributed by atoms with Gasteiger partial charge < -0.3 is 4.98 Å². The van der Waals surface area contributed by atoms with Crippen LogP contribution in [-0.4, -0.2) is 24.3 Å². The summed E-state index contributed by atoms with van der Waals surface area (Å²) in [5.41, 5.74) is 3.62. The van der Waals surface area contributed by atoms with E-state index in [1.807, 2.05) is 36.4 Å². The van der Waals surface area contributed by atoms with Crippen molar-refractivity contribution in [2.24, 2.45) is 0 Å². The molecule has 0 saturated heterocycles. The van der Waals surface area contributed by atoms with E-state index in [4.69, 9.17) is 11.6 Å². The molecule has 0 amide bonds. The fourth-order valence-corrected chi connectivity index (χ4v) is 6.02. The Labute approximate surface area is 179 Å². The maximum atomic E-state index is 14.5. The summed E-state index contributed by atoms with van der Waals surface area (Å²) in [6, 6.07) is 19.9. The second-order valence-electron chi connectivity index (χ2n) is 7.31. The number of nitrogens with zero attached hydrogens (tertiary/aromatic N) is 1. The summed E-state index contributed by atoms with van der Waals surface area (Å²) < 4.78 is 42.9. The van der Waals surface area contributed by atoms with Gasteiger partial charge in [-0.05, 0) is 47.9 Å². The number of fused-ring (bicyclic) bond motifs is 3. The summed E-state index contributed by atoms with van der Waals surface area (Å²) in [5, 5.41) is 1.64. The second-order valence-corrected chi connectivity index (χ2v) is 9.61. The van der Waals surface area contributed by atoms with Crippen molar-refractivity contribution in [2.45, 2.75) is 17.4 Å². The SMILES string of the molecule is O=S(=O)(c1ccccc1F)N1CCc2c([nH]c3ccccc23)[C@H]1c1ccc(Cl)cc1. The zero-order valence-electron chi connectivity index (χ0n) is 15.8. The summed E-state index contributed by atoms with van der Waals surface area (Å²) in [4.78, 5) is 3.10. The van der Waals surface area contributed by atoms with E-state index >= 15 is 0 Å². The molecule has 5 rings (SSSR count). The second kappa shape index (κ2) is 7.23. The molecule has 30 heavy (non-hydrogen) atoms. The summed E-state index contributed by atoms with van der Waals surface area (Å²) in [6.45, 7) is 0.249. The number of hydrogen-bond donors (Lipinski definition) is 1. The zero-order valence-corrected chi connectivity index (χ0v) is 17.4. The number of para-hydroxylation sites is 1. The summed E-state index contributed by atoms with van der Waals surface area (Å²) in [5.74, 6) is -0.755. The van der Waals surface area contributed by atoms with Gasteiger partial charge in [0.05, 0.1) is 6.04 Å². The van der Waals surface area contributed by atoms with E-state index in [2.05, 4.69) is 4.98 Å². The Morgan fingerprint density at radius 1 is 0.967 bits per heavy atom. The highest BCUT2D eigenvalue weighted by atomic mass is 35.5. The van der Waals surface area contributed by atoms with Crippen molar-refractivity contribution in [2.75, 3.05) is 6.54 Å². The van der Waals surface area contributed by atoms with Crippen LogP contribution in [0.1, 0.15) is 22.9 Å². The van der Waals surface area contributed by atoms with Crippen LogP contribution in [0.15, 0.2) is 77.7 Å². The molecule has 0 bridgehead atoms. The molecule has 152 valence electrons. The third kappa shape index (κ3) is 3.03. The zero-order chi connectivity index (χ0) is 20.9. The predicted molar refractivity (Wildman–Crippen MR) is 116 cm³/mol. The number of rotatable bonds is 3. The number of aromatic amines is 1. The third-order valence-electron chi connectivity index (χ3n) is 5.60. The van der Waals surface area contributed by atoms with Crippen LogP contribution in [0.2, 0.25) is 5.02 Å². The molecule has 1 aliphatic heterocycles. The van der Waals surface area contributed by atoms with Crippen LogP contribution in [0.25, 0.3) is 10.9 Å². The summed E-state index contributed by atoms with van der Waals surface area (Å²) in [6.07, 6.45) is 0.539. The van der Waals surface area contributed by atoms with E-state index in [0.717, 1.165) is 27.7 Å². The molecule has 0 saturated carbocycles. The molecule has 7 heteroatoms. The first-order chi connectivity index (χ1) is 14.5. The average molecular weight is 441 g/mol. The molecule has 0 spiro atoms. The van der Waals surface area contributed by atoms with Gasteiger partial charge in [0, 0.05) is 28.2 Å². The van der Waals surface area contributed by atoms with Crippen molar-refractivity contribution in [3.8, 4) is 0 Å². The highest BCUT2D eigenvalue weighted by molar-refractivity contribution is 7.89. The van der Waals surface area contributed by atoms with Crippen molar-refractivity contribution in [3.63, 3.8) is 0 Å². The van der Waals surface area contributed by atoms with Crippen LogP contribution in [0.5, 0.6) is 0 Å². The van der Waals surface area contributed by atoms with E-state index in [9.17, 15) is 12.8 Å². The van der Waals surface area contributed by atoms with Crippen LogP contribution < -0.4 is 0 Å². The van der Waals surface area contributed by atoms with Crippen molar-refractivity contribution in [1.82, 2.24) is 9.29 Å². The average Bonchev–Trinajstić information content (AvgIpc) is 3.13. The monoisotopic (exact) mass is 440 g/mol. The van der Waals surface area contributed by atoms with Gasteiger partial charge >= 0.3 is 0 Å². The molecule has 2 heterocycles. The van der Waals surface area contributed by atoms with Gasteiger partial charge in [-0.25, -0.2) is 12.8 Å². The fourth-order valence-electron chi connectivity index (χ4n) is 4.24. The molecule has 0 unspecified atom stereocenters. The number of H-pyrrole nitrogens is 1. The lowest BCUT2D eigenvalue weighted by molar-refractivity contribution is 0.338. The minimum absolute atomic E-state index is 0.249. The molecule has 4 aromatic rings. The van der Waals surface area contributed by atoms with Crippen LogP contribution in [-0.2, 0) is 16.4 Å². The standard InChI is InChI=1S/C23H18ClFN2O2S/c24-16-11-9-15(10-12-16)23-22-18(17-5-1-3-7-20(17)26-22)13-14-27(23)30(28,29)21-8-4-2-6-19(21)25/h1-12,23,26H,13-14H2/t23-/m1/s1. The Balaban J connectivity index is 1.73. The Bertz CT molecular complexity index is 1350. The topological polar surface area (TPSA) is 53.2 Å². The smallest absolute Gasteiger partial charge is 0.246 e. The minimum atomic E-state index is -4.07. The first kappa shape index (κ1) is 19.3. The van der Waals surface area contributed by atoms with Crippen molar-refractivity contribution in [3.05, 3.63) is 100 Å². The Morgan fingerprint density at radius 3 is 2.43 bits per heavy atom. The maximum absolute atomic E-state index is 14.5. The molecule has 1 atom stereocenters. The number of nitrogens with one attached hydrogen (secondary N) is 1. The number of sulfonamides is 1. The number of aromatic nitrogens is 1. The lowest BCUT2D eigenvalue weighted by Crippen LogP contribution is -2.40. The first-order valence-electron chi connectivity index (χ1n) is 9.58. The highest BCUT2D eigenvalue weighted by Crippen LogP contribution is 2.41. The van der Waals surface area contributed by atoms with Crippen LogP contribution >= 0.6 is 11.6 Å². The van der Waals surface area contributed by atoms with Crippen LogP contribution in [0.4, 0.5) is 4.39 Å². The number of hydrogen-bond acceptors (Lipinski definition) is 2. The highest BCUT2D eigenvalue weighted by Gasteiger charge is 2.40. The summed E-state index contributed by atoms with van der Waals surface area (Å²) >= 11 is 6.07. The van der Waals surface area contributed by atoms with Crippen LogP contribution in [0.3, 0.4) is 0 Å². The Kier molecular flexibility index (Phi) is 4.65. The van der Waals surface area contributed by atoms with Gasteiger partial charge in [0.25, 0.3) is 0 Å². The molecule has 1 aliphatic rings. The van der Waals surface area contributed by atoms with Gasteiger partial charge in [0.2, 0.25) is 10.0 Å². The van der Waals surface area contributed by atoms with E-state index in [1.165, 1.54) is 28.6 Å². The van der Waals surface area contributed by atoms with Gasteiger partial charge in [-0.15, -0.1) is 0 Å². The molecular weight excluding hydrogens is 423 g/mol. The van der Waals surface area contributed by atoms with E-state index in [-0.39, 0.29) is 11.4 Å². The van der Waals surface area contributed by atoms with Gasteiger partial charge in [-0.2, -0.15) is 4.31 Å². The number of halogens is 2. The molecule has 1 N–H and O–H groups in total. The molecule has 1 aromatic heterocycles. The van der Waals surface area contributed by atoms with Crippen molar-refractivity contribution in [1.29, 1.82) is 0 Å². The Hall–Kier alpha value is -2.67. The van der Waals surface area contributed by atoms with E-state index < -0.39 is 21.9 Å². The minimum Gasteiger partial charge on any atom is -0.357 e. The number of benzene rings is 3. The van der Waals surface area contributed by atoms with Crippen LogP contribution in [0, 0.1) is 5.82 Å². The third-order valence-corrected chi connectivity index (χ3v) is 7.75. The molecule has 0 aliphatic carbocycles. The maximum Gasteiger partial charge on any atom is 0.246 e. The summed E-state index contributed by atoms with van der Waals surface area (Å²) in [7, 11) is -4.07. The lowest BCUT2D eigenvalue weighted by Gasteiger charge is -2.35. The molecule has 4 nitrogen and oxygen atoms in total. The van der Waals surface area contributed by atoms with Gasteiger partial charge in [0.1, 0.15) is 10.7 Å². The predicted octanol–water partition coefficient (Wildman–Crippen LogP) is 5.30. The molecular formula is C23H18ClFN2O2S. The van der Waals surface area contributed by atoms with Gasteiger partial charge in [-0.1, -0.05) is 54.1 Å².